The molecule has 2 aliphatic heterocycles. The molecule has 1 spiro atoms. The summed E-state index contributed by atoms with van der Waals surface area (Å²) in [7, 11) is 0. The van der Waals surface area contributed by atoms with E-state index < -0.39 is 0 Å². The Morgan fingerprint density at radius 1 is 1.12 bits per heavy atom. The second-order valence-electron chi connectivity index (χ2n) is 7.37. The highest BCUT2D eigenvalue weighted by molar-refractivity contribution is 6.30. The van der Waals surface area contributed by atoms with Gasteiger partial charge in [-0.25, -0.2) is 0 Å². The van der Waals surface area contributed by atoms with Crippen LogP contribution in [0.4, 0.5) is 0 Å². The first-order valence-corrected chi connectivity index (χ1v) is 9.13. The SMILES string of the molecule is O=C(Cc1ccc(Cl)cc1)N1CCC2(CN(Cc3cccnc3)C2)C1. The van der Waals surface area contributed by atoms with Crippen LogP contribution in [-0.4, -0.2) is 46.9 Å². The van der Waals surface area contributed by atoms with Gasteiger partial charge in [0.15, 0.2) is 0 Å². The molecule has 0 N–H and O–H groups in total. The van der Waals surface area contributed by atoms with Gasteiger partial charge in [0.1, 0.15) is 0 Å². The molecule has 2 saturated heterocycles. The molecular weight excluding hydrogens is 334 g/mol. The van der Waals surface area contributed by atoms with Crippen LogP contribution in [0.5, 0.6) is 0 Å². The van der Waals surface area contributed by atoms with Gasteiger partial charge in [-0.1, -0.05) is 29.8 Å². The molecule has 3 heterocycles. The van der Waals surface area contributed by atoms with Crippen LogP contribution in [0.3, 0.4) is 0 Å². The Kier molecular flexibility index (Phi) is 4.48. The molecule has 0 bridgehead atoms. The Balaban J connectivity index is 1.28. The quantitative estimate of drug-likeness (QED) is 0.846. The fourth-order valence-electron chi connectivity index (χ4n) is 4.06. The van der Waals surface area contributed by atoms with Gasteiger partial charge in [0, 0.05) is 55.6 Å². The van der Waals surface area contributed by atoms with Gasteiger partial charge in [-0.15, -0.1) is 0 Å². The lowest BCUT2D eigenvalue weighted by molar-refractivity contribution is -0.130. The minimum absolute atomic E-state index is 0.227. The summed E-state index contributed by atoms with van der Waals surface area (Å²) in [5.74, 6) is 0.227. The molecule has 1 aromatic heterocycles. The summed E-state index contributed by atoms with van der Waals surface area (Å²) in [6, 6.07) is 11.7. The number of aromatic nitrogens is 1. The van der Waals surface area contributed by atoms with E-state index in [9.17, 15) is 4.79 Å². The van der Waals surface area contributed by atoms with Gasteiger partial charge in [0.05, 0.1) is 6.42 Å². The summed E-state index contributed by atoms with van der Waals surface area (Å²) in [6.07, 6.45) is 5.32. The van der Waals surface area contributed by atoms with E-state index in [4.69, 9.17) is 11.6 Å². The largest absolute Gasteiger partial charge is 0.342 e. The van der Waals surface area contributed by atoms with Crippen LogP contribution in [0, 0.1) is 5.41 Å². The highest BCUT2D eigenvalue weighted by Crippen LogP contribution is 2.40. The first-order valence-electron chi connectivity index (χ1n) is 8.75. The van der Waals surface area contributed by atoms with Crippen molar-refractivity contribution >= 4 is 17.5 Å². The van der Waals surface area contributed by atoms with Crippen molar-refractivity contribution in [2.24, 2.45) is 5.41 Å². The monoisotopic (exact) mass is 355 g/mol. The van der Waals surface area contributed by atoms with Crippen LogP contribution in [0.1, 0.15) is 17.5 Å². The van der Waals surface area contributed by atoms with E-state index >= 15 is 0 Å². The van der Waals surface area contributed by atoms with Crippen LogP contribution >= 0.6 is 11.6 Å². The summed E-state index contributed by atoms with van der Waals surface area (Å²) in [5.41, 5.74) is 2.59. The molecule has 1 amide bonds. The van der Waals surface area contributed by atoms with Crippen molar-refractivity contribution in [3.63, 3.8) is 0 Å². The van der Waals surface area contributed by atoms with Gasteiger partial charge in [0.2, 0.25) is 5.91 Å². The van der Waals surface area contributed by atoms with Crippen LogP contribution < -0.4 is 0 Å². The first-order chi connectivity index (χ1) is 12.1. The summed E-state index contributed by atoms with van der Waals surface area (Å²) in [6.45, 7) is 4.88. The van der Waals surface area contributed by atoms with Gasteiger partial charge in [-0.05, 0) is 35.7 Å². The van der Waals surface area contributed by atoms with Gasteiger partial charge in [0.25, 0.3) is 0 Å². The number of pyridine rings is 1. The number of carbonyl (C=O) groups excluding carboxylic acids is 1. The zero-order valence-electron chi connectivity index (χ0n) is 14.2. The maximum atomic E-state index is 12.6. The normalized spacial score (nSPS) is 19.2. The van der Waals surface area contributed by atoms with E-state index in [2.05, 4.69) is 16.0 Å². The fraction of sp³-hybridized carbons (Fsp3) is 0.400. The number of benzene rings is 1. The third-order valence-electron chi connectivity index (χ3n) is 5.31. The van der Waals surface area contributed by atoms with Crippen molar-refractivity contribution in [2.75, 3.05) is 26.2 Å². The summed E-state index contributed by atoms with van der Waals surface area (Å²) < 4.78 is 0. The van der Waals surface area contributed by atoms with Crippen molar-refractivity contribution in [3.05, 3.63) is 64.9 Å². The Morgan fingerprint density at radius 3 is 2.64 bits per heavy atom. The van der Waals surface area contributed by atoms with Crippen molar-refractivity contribution < 1.29 is 4.79 Å². The number of hydrogen-bond donors (Lipinski definition) is 0. The third-order valence-corrected chi connectivity index (χ3v) is 5.56. The molecule has 5 heteroatoms. The maximum absolute atomic E-state index is 12.6. The summed E-state index contributed by atoms with van der Waals surface area (Å²) in [5, 5.41) is 0.708. The second kappa shape index (κ2) is 6.77. The predicted octanol–water partition coefficient (Wildman–Crippen LogP) is 3.01. The van der Waals surface area contributed by atoms with Gasteiger partial charge in [-0.2, -0.15) is 0 Å². The molecule has 1 aromatic carbocycles. The lowest BCUT2D eigenvalue weighted by Crippen LogP contribution is -2.57. The zero-order valence-corrected chi connectivity index (χ0v) is 15.0. The van der Waals surface area contributed by atoms with Crippen molar-refractivity contribution in [1.82, 2.24) is 14.8 Å². The van der Waals surface area contributed by atoms with Gasteiger partial charge < -0.3 is 4.90 Å². The molecular formula is C20H22ClN3O. The van der Waals surface area contributed by atoms with Crippen LogP contribution in [0.15, 0.2) is 48.8 Å². The van der Waals surface area contributed by atoms with E-state index in [1.54, 1.807) is 0 Å². The minimum Gasteiger partial charge on any atom is -0.342 e. The van der Waals surface area contributed by atoms with Crippen LogP contribution in [-0.2, 0) is 17.8 Å². The zero-order chi connectivity index (χ0) is 17.3. The molecule has 2 aromatic rings. The van der Waals surface area contributed by atoms with Crippen molar-refractivity contribution in [1.29, 1.82) is 0 Å². The fourth-order valence-corrected chi connectivity index (χ4v) is 4.18. The number of carbonyl (C=O) groups is 1. The second-order valence-corrected chi connectivity index (χ2v) is 7.81. The molecule has 0 atom stereocenters. The summed E-state index contributed by atoms with van der Waals surface area (Å²) in [4.78, 5) is 21.2. The third kappa shape index (κ3) is 3.70. The highest BCUT2D eigenvalue weighted by Gasteiger charge is 2.48. The molecule has 0 saturated carbocycles. The smallest absolute Gasteiger partial charge is 0.227 e. The molecule has 130 valence electrons. The van der Waals surface area contributed by atoms with Crippen molar-refractivity contribution in [3.8, 4) is 0 Å². The van der Waals surface area contributed by atoms with Gasteiger partial charge in [-0.3, -0.25) is 14.7 Å². The number of amides is 1. The topological polar surface area (TPSA) is 36.4 Å². The van der Waals surface area contributed by atoms with E-state index in [1.807, 2.05) is 47.6 Å². The number of halogens is 1. The Morgan fingerprint density at radius 2 is 1.92 bits per heavy atom. The highest BCUT2D eigenvalue weighted by atomic mass is 35.5. The molecule has 4 rings (SSSR count). The molecule has 25 heavy (non-hydrogen) atoms. The van der Waals surface area contributed by atoms with E-state index in [0.29, 0.717) is 16.9 Å². The minimum atomic E-state index is 0.227. The van der Waals surface area contributed by atoms with E-state index in [0.717, 1.165) is 44.7 Å². The Hall–Kier alpha value is -1.91. The van der Waals surface area contributed by atoms with E-state index in [1.165, 1.54) is 5.56 Å². The summed E-state index contributed by atoms with van der Waals surface area (Å²) >= 11 is 5.91. The lowest BCUT2D eigenvalue weighted by atomic mass is 9.79. The number of hydrogen-bond acceptors (Lipinski definition) is 3. The average Bonchev–Trinajstić information content (AvgIpc) is 3.03. The number of nitrogens with zero attached hydrogens (tertiary/aromatic N) is 3. The number of likely N-dealkylation sites (tertiary alicyclic amines) is 2. The molecule has 0 aliphatic carbocycles. The number of rotatable bonds is 4. The van der Waals surface area contributed by atoms with E-state index in [-0.39, 0.29) is 5.91 Å². The molecule has 0 unspecified atom stereocenters. The van der Waals surface area contributed by atoms with Crippen LogP contribution in [0.2, 0.25) is 5.02 Å². The Bertz CT molecular complexity index is 741. The molecule has 0 radical (unpaired) electrons. The predicted molar refractivity (Wildman–Crippen MR) is 98.3 cm³/mol. The molecule has 2 fully saturated rings. The van der Waals surface area contributed by atoms with Crippen molar-refractivity contribution in [2.45, 2.75) is 19.4 Å². The maximum Gasteiger partial charge on any atom is 0.227 e. The molecule has 4 nitrogen and oxygen atoms in total. The Labute approximate surface area is 153 Å². The van der Waals surface area contributed by atoms with Gasteiger partial charge >= 0.3 is 0 Å². The van der Waals surface area contributed by atoms with Crippen LogP contribution in [0.25, 0.3) is 0 Å². The standard InChI is InChI=1S/C20H22ClN3O/c21-18-5-3-16(4-6-18)10-19(25)24-9-7-20(15-24)13-23(14-20)12-17-2-1-8-22-11-17/h1-6,8,11H,7,9-10,12-15H2. The lowest BCUT2D eigenvalue weighted by Gasteiger charge is -2.48. The first kappa shape index (κ1) is 16.6. The average molecular weight is 356 g/mol. The molecule has 2 aliphatic rings.